The first-order valence-electron chi connectivity index (χ1n) is 11.5. The first-order valence-corrected chi connectivity index (χ1v) is 11.5. The minimum atomic E-state index is -0.665. The third kappa shape index (κ3) is 4.14. The molecule has 35 heavy (non-hydrogen) atoms. The van der Waals surface area contributed by atoms with Gasteiger partial charge >= 0.3 is 11.9 Å². The molecule has 9 nitrogen and oxygen atoms in total. The standard InChI is InChI=1S/C26H26N4O5/c1-29-22-12-21(28-20-6-4-5-18(25(32)34-2)24(20)26(33)35-3)19(11-15(22)7-10-23(29)31)16-13-27-30(14-16)17-8-9-17/h4-6,11-14,17,28H,7-10H2,1-3H3. The van der Waals surface area contributed by atoms with Crippen molar-refractivity contribution < 1.29 is 23.9 Å². The van der Waals surface area contributed by atoms with Crippen LogP contribution in [-0.4, -0.2) is 48.9 Å². The second-order valence-electron chi connectivity index (χ2n) is 8.76. The summed E-state index contributed by atoms with van der Waals surface area (Å²) in [5, 5.41) is 7.87. The molecule has 0 bridgehead atoms. The fraction of sp³-hybridized carbons (Fsp3) is 0.308. The highest BCUT2D eigenvalue weighted by Gasteiger charge is 2.28. The van der Waals surface area contributed by atoms with E-state index in [9.17, 15) is 14.4 Å². The maximum Gasteiger partial charge on any atom is 0.340 e. The summed E-state index contributed by atoms with van der Waals surface area (Å²) in [6.07, 6.45) is 7.18. The number of carbonyl (C=O) groups is 3. The largest absolute Gasteiger partial charge is 0.465 e. The topological polar surface area (TPSA) is 103 Å². The Kier molecular flexibility index (Phi) is 5.76. The Morgan fingerprint density at radius 2 is 1.83 bits per heavy atom. The van der Waals surface area contributed by atoms with Crippen molar-refractivity contribution >= 4 is 34.9 Å². The lowest BCUT2D eigenvalue weighted by atomic mass is 9.95. The summed E-state index contributed by atoms with van der Waals surface area (Å²) < 4.78 is 11.8. The predicted molar refractivity (Wildman–Crippen MR) is 130 cm³/mol. The van der Waals surface area contributed by atoms with Crippen LogP contribution in [0.3, 0.4) is 0 Å². The van der Waals surface area contributed by atoms with Crippen LogP contribution >= 0.6 is 0 Å². The van der Waals surface area contributed by atoms with E-state index in [-0.39, 0.29) is 17.0 Å². The number of nitrogens with zero attached hydrogens (tertiary/aromatic N) is 3. The normalized spacial score (nSPS) is 14.9. The third-order valence-corrected chi connectivity index (χ3v) is 6.52. The van der Waals surface area contributed by atoms with Crippen molar-refractivity contribution in [2.75, 3.05) is 31.5 Å². The van der Waals surface area contributed by atoms with Gasteiger partial charge in [-0.3, -0.25) is 9.48 Å². The van der Waals surface area contributed by atoms with Gasteiger partial charge in [-0.2, -0.15) is 5.10 Å². The van der Waals surface area contributed by atoms with Crippen LogP contribution in [0, 0.1) is 0 Å². The van der Waals surface area contributed by atoms with Gasteiger partial charge in [-0.15, -0.1) is 0 Å². The molecule has 0 spiro atoms. The zero-order chi connectivity index (χ0) is 24.7. The summed E-state index contributed by atoms with van der Waals surface area (Å²) in [6.45, 7) is 0. The van der Waals surface area contributed by atoms with E-state index in [1.165, 1.54) is 20.3 Å². The molecule has 1 saturated carbocycles. The smallest absolute Gasteiger partial charge is 0.340 e. The van der Waals surface area contributed by atoms with Crippen LogP contribution in [0.25, 0.3) is 11.1 Å². The summed E-state index contributed by atoms with van der Waals surface area (Å²) >= 11 is 0. The van der Waals surface area contributed by atoms with Gasteiger partial charge in [-0.05, 0) is 49.1 Å². The van der Waals surface area contributed by atoms with Crippen LogP contribution in [0.4, 0.5) is 17.1 Å². The number of aromatic nitrogens is 2. The molecule has 2 heterocycles. The maximum atomic E-state index is 12.7. The number of esters is 2. The number of ether oxygens (including phenoxy) is 2. The quantitative estimate of drug-likeness (QED) is 0.536. The minimum absolute atomic E-state index is 0.0423. The number of anilines is 3. The van der Waals surface area contributed by atoms with E-state index in [0.717, 1.165) is 35.2 Å². The Morgan fingerprint density at radius 1 is 1.06 bits per heavy atom. The number of aryl methyl sites for hydroxylation is 1. The van der Waals surface area contributed by atoms with Crippen molar-refractivity contribution in [1.29, 1.82) is 0 Å². The number of hydrogen-bond donors (Lipinski definition) is 1. The van der Waals surface area contributed by atoms with Crippen molar-refractivity contribution in [3.05, 3.63) is 59.4 Å². The molecule has 0 atom stereocenters. The second kappa shape index (κ2) is 8.90. The Morgan fingerprint density at radius 3 is 2.54 bits per heavy atom. The second-order valence-corrected chi connectivity index (χ2v) is 8.76. The summed E-state index contributed by atoms with van der Waals surface area (Å²) in [5.74, 6) is -1.27. The molecular formula is C26H26N4O5. The highest BCUT2D eigenvalue weighted by Crippen LogP contribution is 2.41. The maximum absolute atomic E-state index is 12.7. The number of methoxy groups -OCH3 is 2. The van der Waals surface area contributed by atoms with Gasteiger partial charge in [0.25, 0.3) is 0 Å². The number of nitrogens with one attached hydrogen (secondary N) is 1. The number of rotatable bonds is 6. The average Bonchev–Trinajstić information content (AvgIpc) is 3.61. The van der Waals surface area contributed by atoms with Gasteiger partial charge in [0.05, 0.1) is 43.3 Å². The van der Waals surface area contributed by atoms with E-state index in [2.05, 4.69) is 16.5 Å². The molecule has 1 aliphatic carbocycles. The lowest BCUT2D eigenvalue weighted by Gasteiger charge is -2.28. The Balaban J connectivity index is 1.65. The number of hydrogen-bond acceptors (Lipinski definition) is 7. The van der Waals surface area contributed by atoms with Gasteiger partial charge in [0.15, 0.2) is 0 Å². The van der Waals surface area contributed by atoms with Gasteiger partial charge in [-0.25, -0.2) is 9.59 Å². The predicted octanol–water partition coefficient (Wildman–Crippen LogP) is 4.11. The van der Waals surface area contributed by atoms with Crippen LogP contribution < -0.4 is 10.2 Å². The van der Waals surface area contributed by atoms with Crippen LogP contribution in [0.1, 0.15) is 51.6 Å². The highest BCUT2D eigenvalue weighted by atomic mass is 16.5. The molecule has 180 valence electrons. The lowest BCUT2D eigenvalue weighted by molar-refractivity contribution is -0.118. The fourth-order valence-corrected chi connectivity index (χ4v) is 4.45. The Hall–Kier alpha value is -4.14. The van der Waals surface area contributed by atoms with Crippen LogP contribution in [0.15, 0.2) is 42.7 Å². The first-order chi connectivity index (χ1) is 16.9. The summed E-state index contributed by atoms with van der Waals surface area (Å²) in [5.41, 5.74) is 4.90. The molecule has 2 aromatic carbocycles. The lowest BCUT2D eigenvalue weighted by Crippen LogP contribution is -2.31. The molecule has 9 heteroatoms. The van der Waals surface area contributed by atoms with E-state index < -0.39 is 11.9 Å². The number of fused-ring (bicyclic) bond motifs is 1. The van der Waals surface area contributed by atoms with E-state index in [1.807, 2.05) is 23.1 Å². The van der Waals surface area contributed by atoms with E-state index in [1.54, 1.807) is 24.1 Å². The molecule has 1 amide bonds. The van der Waals surface area contributed by atoms with Crippen molar-refractivity contribution in [2.24, 2.45) is 0 Å². The Labute approximate surface area is 202 Å². The van der Waals surface area contributed by atoms with Crippen molar-refractivity contribution in [3.8, 4) is 11.1 Å². The van der Waals surface area contributed by atoms with Crippen LogP contribution in [0.5, 0.6) is 0 Å². The fourth-order valence-electron chi connectivity index (χ4n) is 4.45. The first kappa shape index (κ1) is 22.6. The number of amides is 1. The molecule has 0 saturated heterocycles. The minimum Gasteiger partial charge on any atom is -0.465 e. The molecule has 1 fully saturated rings. The Bertz CT molecular complexity index is 1340. The van der Waals surface area contributed by atoms with Crippen LogP contribution in [-0.2, 0) is 20.7 Å². The van der Waals surface area contributed by atoms with Gasteiger partial charge < -0.3 is 19.7 Å². The molecule has 0 unspecified atom stereocenters. The molecular weight excluding hydrogens is 448 g/mol. The number of benzene rings is 2. The molecule has 0 radical (unpaired) electrons. The zero-order valence-corrected chi connectivity index (χ0v) is 19.8. The van der Waals surface area contributed by atoms with Gasteiger partial charge in [0.2, 0.25) is 5.91 Å². The molecule has 5 rings (SSSR count). The summed E-state index contributed by atoms with van der Waals surface area (Å²) in [4.78, 5) is 39.1. The van der Waals surface area contributed by atoms with Gasteiger partial charge in [-0.1, -0.05) is 6.07 Å². The van der Waals surface area contributed by atoms with Crippen molar-refractivity contribution in [1.82, 2.24) is 9.78 Å². The number of carbonyl (C=O) groups excluding carboxylic acids is 3. The molecule has 1 aliphatic heterocycles. The van der Waals surface area contributed by atoms with Crippen molar-refractivity contribution in [3.63, 3.8) is 0 Å². The third-order valence-electron chi connectivity index (χ3n) is 6.52. The summed E-state index contributed by atoms with van der Waals surface area (Å²) in [6, 6.07) is 9.29. The molecule has 1 aromatic heterocycles. The molecule has 3 aromatic rings. The van der Waals surface area contributed by atoms with Gasteiger partial charge in [0.1, 0.15) is 0 Å². The zero-order valence-electron chi connectivity index (χ0n) is 19.8. The monoisotopic (exact) mass is 474 g/mol. The van der Waals surface area contributed by atoms with Crippen LogP contribution in [0.2, 0.25) is 0 Å². The van der Waals surface area contributed by atoms with Crippen molar-refractivity contribution in [2.45, 2.75) is 31.7 Å². The average molecular weight is 475 g/mol. The van der Waals surface area contributed by atoms with E-state index >= 15 is 0 Å². The SMILES string of the molecule is COC(=O)c1cccc(Nc2cc3c(cc2-c2cnn(C4CC4)c2)CCC(=O)N3C)c1C(=O)OC. The van der Waals surface area contributed by atoms with E-state index in [4.69, 9.17) is 9.47 Å². The molecule has 2 aliphatic rings. The van der Waals surface area contributed by atoms with Gasteiger partial charge in [0, 0.05) is 42.2 Å². The summed E-state index contributed by atoms with van der Waals surface area (Å²) in [7, 11) is 4.28. The molecule has 1 N–H and O–H groups in total. The highest BCUT2D eigenvalue weighted by molar-refractivity contribution is 6.08. The van der Waals surface area contributed by atoms with E-state index in [0.29, 0.717) is 30.3 Å².